The zero-order chi connectivity index (χ0) is 33.5. The van der Waals surface area contributed by atoms with E-state index in [0.717, 1.165) is 6.42 Å². The quantitative estimate of drug-likeness (QED) is 0.0707. The third kappa shape index (κ3) is 12.7. The predicted molar refractivity (Wildman–Crippen MR) is 164 cm³/mol. The van der Waals surface area contributed by atoms with E-state index in [1.807, 2.05) is 0 Å². The van der Waals surface area contributed by atoms with Gasteiger partial charge in [0.1, 0.15) is 24.2 Å². The van der Waals surface area contributed by atoms with Crippen LogP contribution in [0.1, 0.15) is 38.2 Å². The van der Waals surface area contributed by atoms with Crippen molar-refractivity contribution in [2.75, 3.05) is 18.8 Å². The number of aliphatic hydroxyl groups excluding tert-OH is 1. The second kappa shape index (κ2) is 18.6. The molecule has 1 aliphatic rings. The summed E-state index contributed by atoms with van der Waals surface area (Å²) < 4.78 is 0. The molecule has 2 rings (SSSR count). The van der Waals surface area contributed by atoms with Gasteiger partial charge in [0, 0.05) is 18.6 Å². The number of nitrogens with two attached hydrogens (primary N) is 1. The number of carbonyl (C=O) groups is 7. The second-order valence-electron chi connectivity index (χ2n) is 10.6. The number of thiol groups is 1. The van der Waals surface area contributed by atoms with Gasteiger partial charge in [0.25, 0.3) is 0 Å². The number of carboxylic acid groups (broad SMARTS) is 1. The molecule has 248 valence electrons. The highest BCUT2D eigenvalue weighted by Crippen LogP contribution is 2.08. The fraction of sp³-hybridized carbons (Fsp3) is 0.536. The molecule has 0 unspecified atom stereocenters. The van der Waals surface area contributed by atoms with Crippen molar-refractivity contribution in [2.24, 2.45) is 5.73 Å². The van der Waals surface area contributed by atoms with Crippen LogP contribution < -0.4 is 37.6 Å². The van der Waals surface area contributed by atoms with E-state index in [-0.39, 0.29) is 25.0 Å². The summed E-state index contributed by atoms with van der Waals surface area (Å²) in [6.45, 7) is 1.31. The Labute approximate surface area is 265 Å². The smallest absolute Gasteiger partial charge is 0.327 e. The van der Waals surface area contributed by atoms with E-state index < -0.39 is 84.3 Å². The second-order valence-corrected chi connectivity index (χ2v) is 10.9. The first-order chi connectivity index (χ1) is 21.3. The van der Waals surface area contributed by atoms with Crippen LogP contribution in [0.5, 0.6) is 0 Å². The first kappa shape index (κ1) is 37.0. The molecule has 17 heteroatoms. The number of carbonyl (C=O) groups excluding carboxylic acids is 6. The molecule has 1 saturated heterocycles. The highest BCUT2D eigenvalue weighted by atomic mass is 32.1. The Bertz CT molecular complexity index is 1210. The third-order valence-electron chi connectivity index (χ3n) is 6.91. The van der Waals surface area contributed by atoms with Gasteiger partial charge in [0.05, 0.1) is 18.7 Å². The van der Waals surface area contributed by atoms with Crippen LogP contribution in [-0.4, -0.2) is 107 Å². The van der Waals surface area contributed by atoms with Gasteiger partial charge in [-0.2, -0.15) is 12.6 Å². The van der Waals surface area contributed by atoms with Gasteiger partial charge in [-0.1, -0.05) is 30.3 Å². The van der Waals surface area contributed by atoms with Gasteiger partial charge in [0.2, 0.25) is 35.4 Å². The predicted octanol–water partition coefficient (Wildman–Crippen LogP) is -3.30. The van der Waals surface area contributed by atoms with Gasteiger partial charge in [-0.15, -0.1) is 0 Å². The Morgan fingerprint density at radius 1 is 0.956 bits per heavy atom. The summed E-state index contributed by atoms with van der Waals surface area (Å²) in [5.74, 6) is -6.14. The lowest BCUT2D eigenvalue weighted by atomic mass is 10.0. The van der Waals surface area contributed by atoms with Crippen LogP contribution in [0.2, 0.25) is 0 Å². The van der Waals surface area contributed by atoms with Crippen molar-refractivity contribution in [3.63, 3.8) is 0 Å². The summed E-state index contributed by atoms with van der Waals surface area (Å²) in [5.41, 5.74) is 5.90. The molecule has 6 amide bonds. The molecule has 45 heavy (non-hydrogen) atoms. The number of carboxylic acids is 1. The minimum absolute atomic E-state index is 0.0361. The summed E-state index contributed by atoms with van der Waals surface area (Å²) >= 11 is 3.87. The number of aliphatic carboxylic acids is 1. The number of amides is 6. The largest absolute Gasteiger partial charge is 0.480 e. The molecule has 1 aliphatic heterocycles. The number of hydrogen-bond acceptors (Lipinski definition) is 10. The van der Waals surface area contributed by atoms with Gasteiger partial charge in [0.15, 0.2) is 0 Å². The maximum Gasteiger partial charge on any atom is 0.327 e. The van der Waals surface area contributed by atoms with Gasteiger partial charge in [-0.25, -0.2) is 4.79 Å². The molecule has 1 aromatic rings. The molecular formula is C28H41N7O9S. The summed E-state index contributed by atoms with van der Waals surface area (Å²) in [5, 5.41) is 34.3. The number of primary amides is 1. The van der Waals surface area contributed by atoms with Crippen molar-refractivity contribution < 1.29 is 43.8 Å². The average molecular weight is 652 g/mol. The molecule has 6 atom stereocenters. The minimum atomic E-state index is -1.43. The maximum absolute atomic E-state index is 13.4. The zero-order valence-electron chi connectivity index (χ0n) is 24.8. The lowest BCUT2D eigenvalue weighted by molar-refractivity contribution is -0.141. The van der Waals surface area contributed by atoms with E-state index in [9.17, 15) is 38.7 Å². The summed E-state index contributed by atoms with van der Waals surface area (Å²) in [6.07, 6.45) is -0.653. The maximum atomic E-state index is 13.4. The van der Waals surface area contributed by atoms with Gasteiger partial charge >= 0.3 is 5.97 Å². The van der Waals surface area contributed by atoms with Crippen LogP contribution in [0, 0.1) is 0 Å². The van der Waals surface area contributed by atoms with E-state index in [1.165, 1.54) is 6.92 Å². The fourth-order valence-electron chi connectivity index (χ4n) is 4.44. The lowest BCUT2D eigenvalue weighted by Gasteiger charge is -2.27. The van der Waals surface area contributed by atoms with Gasteiger partial charge in [-0.05, 0) is 38.3 Å². The molecule has 0 aliphatic carbocycles. The normalized spacial score (nSPS) is 17.4. The van der Waals surface area contributed by atoms with Gasteiger partial charge in [-0.3, -0.25) is 28.8 Å². The molecule has 0 radical (unpaired) electrons. The zero-order valence-corrected chi connectivity index (χ0v) is 25.7. The average Bonchev–Trinajstić information content (AvgIpc) is 3.54. The van der Waals surface area contributed by atoms with Crippen molar-refractivity contribution >= 4 is 54.0 Å². The monoisotopic (exact) mass is 651 g/mol. The summed E-state index contributed by atoms with van der Waals surface area (Å²) in [6, 6.07) is 2.63. The Hall–Kier alpha value is -4.22. The fourth-order valence-corrected chi connectivity index (χ4v) is 4.68. The molecule has 0 spiro atoms. The SMILES string of the molecule is C[C@@H](O)[C@H](NC(=O)[C@@H]1CCCN1)C(=O)N[C@@H](CCC(N)=O)C(=O)N[C@@H](Cc1ccccc1)C(=O)NCC(=O)N[C@@H](CS)C(=O)O. The van der Waals surface area contributed by atoms with E-state index in [2.05, 4.69) is 44.5 Å². The Balaban J connectivity index is 2.19. The highest BCUT2D eigenvalue weighted by Gasteiger charge is 2.34. The number of benzene rings is 1. The van der Waals surface area contributed by atoms with E-state index in [4.69, 9.17) is 10.8 Å². The Morgan fingerprint density at radius 3 is 2.18 bits per heavy atom. The number of nitrogens with one attached hydrogen (secondary N) is 6. The number of rotatable bonds is 18. The van der Waals surface area contributed by atoms with Crippen molar-refractivity contribution in [2.45, 2.75) is 75.3 Å². The van der Waals surface area contributed by atoms with Crippen molar-refractivity contribution in [1.82, 2.24) is 31.9 Å². The van der Waals surface area contributed by atoms with E-state index >= 15 is 0 Å². The minimum Gasteiger partial charge on any atom is -0.480 e. The number of aliphatic hydroxyl groups is 1. The van der Waals surface area contributed by atoms with Crippen molar-refractivity contribution in [3.8, 4) is 0 Å². The van der Waals surface area contributed by atoms with Crippen molar-refractivity contribution in [1.29, 1.82) is 0 Å². The van der Waals surface area contributed by atoms with Crippen LogP contribution in [0.15, 0.2) is 30.3 Å². The number of hydrogen-bond donors (Lipinski definition) is 10. The molecule has 16 nitrogen and oxygen atoms in total. The standard InChI is InChI=1S/C28H41N7O9S/c1-15(36)23(35-25(40)17-8-5-11-30-17)27(42)33-18(9-10-21(29)37)26(41)34-19(12-16-6-3-2-4-7-16)24(39)31-13-22(38)32-20(14-45)28(43)44/h2-4,6-7,15,17-20,23,30,36,45H,5,8-14H2,1H3,(H2,29,37)(H,31,39)(H,32,38)(H,33,42)(H,34,41)(H,35,40)(H,43,44)/t15-,17+,18+,19+,20+,23+/m1/s1. The van der Waals surface area contributed by atoms with Crippen LogP contribution in [0.3, 0.4) is 0 Å². The van der Waals surface area contributed by atoms with Crippen LogP contribution in [0.4, 0.5) is 0 Å². The van der Waals surface area contributed by atoms with E-state index in [1.54, 1.807) is 30.3 Å². The molecular weight excluding hydrogens is 610 g/mol. The first-order valence-electron chi connectivity index (χ1n) is 14.4. The van der Waals surface area contributed by atoms with Crippen molar-refractivity contribution in [3.05, 3.63) is 35.9 Å². The van der Waals surface area contributed by atoms with Gasteiger partial charge < -0.3 is 47.8 Å². The molecule has 10 N–H and O–H groups in total. The molecule has 1 heterocycles. The highest BCUT2D eigenvalue weighted by molar-refractivity contribution is 7.80. The molecule has 1 aromatic carbocycles. The Morgan fingerprint density at radius 2 is 1.62 bits per heavy atom. The topological polar surface area (TPSA) is 258 Å². The lowest BCUT2D eigenvalue weighted by Crippen LogP contribution is -2.60. The van der Waals surface area contributed by atoms with Crippen LogP contribution in [-0.2, 0) is 40.0 Å². The summed E-state index contributed by atoms with van der Waals surface area (Å²) in [7, 11) is 0. The summed E-state index contributed by atoms with van der Waals surface area (Å²) in [4.78, 5) is 87.3. The molecule has 0 aromatic heterocycles. The molecule has 0 bridgehead atoms. The Kier molecular flexibility index (Phi) is 15.2. The molecule has 0 saturated carbocycles. The molecule has 1 fully saturated rings. The van der Waals surface area contributed by atoms with Crippen LogP contribution >= 0.6 is 12.6 Å². The van der Waals surface area contributed by atoms with E-state index in [0.29, 0.717) is 18.5 Å². The third-order valence-corrected chi connectivity index (χ3v) is 7.27. The van der Waals surface area contributed by atoms with Crippen LogP contribution in [0.25, 0.3) is 0 Å². The first-order valence-corrected chi connectivity index (χ1v) is 15.0.